The van der Waals surface area contributed by atoms with Crippen LogP contribution in [-0.2, 0) is 9.47 Å². The zero-order valence-electron chi connectivity index (χ0n) is 18.2. The molecule has 0 N–H and O–H groups in total. The van der Waals surface area contributed by atoms with E-state index in [0.29, 0.717) is 36.1 Å². The topological polar surface area (TPSA) is 56.1 Å². The highest BCUT2D eigenvalue weighted by atomic mass is 35.5. The molecule has 2 atom stereocenters. The van der Waals surface area contributed by atoms with Crippen LogP contribution in [0.3, 0.4) is 0 Å². The summed E-state index contributed by atoms with van der Waals surface area (Å²) in [4.78, 5) is 19.5. The molecule has 7 heteroatoms. The standard InChI is InChI=1S/C25H28ClN3O3/c1-2-31-20-14-22(18-6-4-3-5-7-18)32-25(15-20)10-12-28(13-11-25)24(30)21-17-29-16-19(26)8-9-23(29)27-21/h3-9,16-17,20,22H,2,10-15H2,1H3/t20-,22-/m0/s1. The Hall–Kier alpha value is -2.41. The molecular formula is C25H28ClN3O3. The van der Waals surface area contributed by atoms with Crippen molar-refractivity contribution >= 4 is 23.2 Å². The van der Waals surface area contributed by atoms with E-state index in [2.05, 4.69) is 29.2 Å². The molecule has 2 aliphatic rings. The minimum Gasteiger partial charge on any atom is -0.378 e. The maximum atomic E-state index is 13.1. The number of halogens is 1. The SMILES string of the molecule is CCO[C@H]1C[C@@H](c2ccccc2)OC2(CCN(C(=O)c3cn4cc(Cl)ccc4n3)CC2)C1. The van der Waals surface area contributed by atoms with Crippen LogP contribution in [0.4, 0.5) is 0 Å². The number of benzene rings is 1. The fourth-order valence-electron chi connectivity index (χ4n) is 5.04. The van der Waals surface area contributed by atoms with Crippen LogP contribution < -0.4 is 0 Å². The first-order valence-electron chi connectivity index (χ1n) is 11.3. The highest BCUT2D eigenvalue weighted by Gasteiger charge is 2.45. The fraction of sp³-hybridized carbons (Fsp3) is 0.440. The summed E-state index contributed by atoms with van der Waals surface area (Å²) in [6, 6.07) is 14.0. The lowest BCUT2D eigenvalue weighted by molar-refractivity contribution is -0.190. The van der Waals surface area contributed by atoms with Gasteiger partial charge in [-0.15, -0.1) is 0 Å². The number of fused-ring (bicyclic) bond motifs is 1. The zero-order valence-corrected chi connectivity index (χ0v) is 19.0. The van der Waals surface area contributed by atoms with Gasteiger partial charge in [-0.2, -0.15) is 0 Å². The fourth-order valence-corrected chi connectivity index (χ4v) is 5.21. The maximum Gasteiger partial charge on any atom is 0.274 e. The third kappa shape index (κ3) is 4.27. The highest BCUT2D eigenvalue weighted by molar-refractivity contribution is 6.30. The second kappa shape index (κ2) is 8.85. The Labute approximate surface area is 193 Å². The lowest BCUT2D eigenvalue weighted by Gasteiger charge is -2.48. The van der Waals surface area contributed by atoms with E-state index in [4.69, 9.17) is 21.1 Å². The molecule has 3 aromatic rings. The van der Waals surface area contributed by atoms with Crippen LogP contribution in [0.1, 0.15) is 54.8 Å². The number of likely N-dealkylation sites (tertiary alicyclic amines) is 1. The van der Waals surface area contributed by atoms with Crippen LogP contribution in [0.5, 0.6) is 0 Å². The number of amides is 1. The van der Waals surface area contributed by atoms with Crippen molar-refractivity contribution < 1.29 is 14.3 Å². The van der Waals surface area contributed by atoms with Crippen LogP contribution >= 0.6 is 11.6 Å². The molecule has 168 valence electrons. The molecule has 1 aromatic carbocycles. The summed E-state index contributed by atoms with van der Waals surface area (Å²) < 4.78 is 14.6. The Morgan fingerprint density at radius 3 is 2.72 bits per heavy atom. The van der Waals surface area contributed by atoms with Gasteiger partial charge in [0.2, 0.25) is 0 Å². The van der Waals surface area contributed by atoms with Crippen molar-refractivity contribution in [1.29, 1.82) is 0 Å². The van der Waals surface area contributed by atoms with Gasteiger partial charge in [-0.1, -0.05) is 41.9 Å². The van der Waals surface area contributed by atoms with Gasteiger partial charge < -0.3 is 18.8 Å². The minimum absolute atomic E-state index is 0.0203. The summed E-state index contributed by atoms with van der Waals surface area (Å²) >= 11 is 6.06. The number of hydrogen-bond donors (Lipinski definition) is 0. The molecule has 0 saturated carbocycles. The lowest BCUT2D eigenvalue weighted by Crippen LogP contribution is -2.52. The molecule has 0 unspecified atom stereocenters. The second-order valence-corrected chi connectivity index (χ2v) is 9.18. The molecule has 4 heterocycles. The minimum atomic E-state index is -0.262. The predicted molar refractivity (Wildman–Crippen MR) is 123 cm³/mol. The monoisotopic (exact) mass is 453 g/mol. The molecule has 1 amide bonds. The average Bonchev–Trinajstić information content (AvgIpc) is 3.23. The van der Waals surface area contributed by atoms with Gasteiger partial charge in [0.25, 0.3) is 5.91 Å². The van der Waals surface area contributed by atoms with E-state index in [9.17, 15) is 4.79 Å². The van der Waals surface area contributed by atoms with Crippen LogP contribution in [0, 0.1) is 0 Å². The van der Waals surface area contributed by atoms with E-state index in [1.165, 1.54) is 5.56 Å². The number of carbonyl (C=O) groups excluding carboxylic acids is 1. The number of pyridine rings is 1. The Morgan fingerprint density at radius 2 is 1.97 bits per heavy atom. The summed E-state index contributed by atoms with van der Waals surface area (Å²) in [5.74, 6) is -0.0450. The van der Waals surface area contributed by atoms with Crippen molar-refractivity contribution in [3.63, 3.8) is 0 Å². The third-order valence-electron chi connectivity index (χ3n) is 6.64. The lowest BCUT2D eigenvalue weighted by atomic mass is 9.80. The Balaban J connectivity index is 1.30. The number of rotatable bonds is 4. The Morgan fingerprint density at radius 1 is 1.19 bits per heavy atom. The summed E-state index contributed by atoms with van der Waals surface area (Å²) in [6.45, 7) is 4.04. The van der Waals surface area contributed by atoms with Crippen molar-refractivity contribution in [3.05, 3.63) is 71.1 Å². The van der Waals surface area contributed by atoms with Crippen LogP contribution in [0.25, 0.3) is 5.65 Å². The maximum absolute atomic E-state index is 13.1. The Bertz CT molecular complexity index is 1090. The number of nitrogens with zero attached hydrogens (tertiary/aromatic N) is 3. The van der Waals surface area contributed by atoms with Crippen LogP contribution in [0.2, 0.25) is 5.02 Å². The van der Waals surface area contributed by atoms with Gasteiger partial charge in [-0.05, 0) is 37.5 Å². The highest BCUT2D eigenvalue weighted by Crippen LogP contribution is 2.44. The number of imidazole rings is 1. The van der Waals surface area contributed by atoms with E-state index in [1.54, 1.807) is 22.9 Å². The predicted octanol–water partition coefficient (Wildman–Crippen LogP) is 4.92. The smallest absolute Gasteiger partial charge is 0.274 e. The molecular weight excluding hydrogens is 426 g/mol. The van der Waals surface area contributed by atoms with Gasteiger partial charge >= 0.3 is 0 Å². The summed E-state index contributed by atoms with van der Waals surface area (Å²) in [6.07, 6.45) is 7.04. The molecule has 1 spiro atoms. The quantitative estimate of drug-likeness (QED) is 0.562. The largest absolute Gasteiger partial charge is 0.378 e. The van der Waals surface area contributed by atoms with Crippen molar-refractivity contribution in [2.24, 2.45) is 0 Å². The van der Waals surface area contributed by atoms with E-state index in [1.807, 2.05) is 24.0 Å². The third-order valence-corrected chi connectivity index (χ3v) is 6.86. The van der Waals surface area contributed by atoms with Gasteiger partial charge in [0.15, 0.2) is 0 Å². The van der Waals surface area contributed by atoms with E-state index >= 15 is 0 Å². The first kappa shape index (κ1) is 21.4. The molecule has 0 aliphatic carbocycles. The van der Waals surface area contributed by atoms with Crippen molar-refractivity contribution in [2.75, 3.05) is 19.7 Å². The first-order chi connectivity index (χ1) is 15.5. The van der Waals surface area contributed by atoms with Crippen molar-refractivity contribution in [2.45, 2.75) is 50.4 Å². The van der Waals surface area contributed by atoms with Gasteiger partial charge in [0.1, 0.15) is 11.3 Å². The van der Waals surface area contributed by atoms with Gasteiger partial charge in [-0.25, -0.2) is 4.98 Å². The van der Waals surface area contributed by atoms with Crippen LogP contribution in [0.15, 0.2) is 54.9 Å². The van der Waals surface area contributed by atoms with E-state index < -0.39 is 0 Å². The molecule has 5 rings (SSSR count). The van der Waals surface area contributed by atoms with E-state index in [-0.39, 0.29) is 23.7 Å². The molecule has 2 saturated heterocycles. The summed E-state index contributed by atoms with van der Waals surface area (Å²) in [7, 11) is 0. The molecule has 32 heavy (non-hydrogen) atoms. The first-order valence-corrected chi connectivity index (χ1v) is 11.7. The summed E-state index contributed by atoms with van der Waals surface area (Å²) in [5.41, 5.74) is 2.09. The molecule has 0 bridgehead atoms. The van der Waals surface area contributed by atoms with Gasteiger partial charge in [0.05, 0.1) is 22.8 Å². The van der Waals surface area contributed by atoms with E-state index in [0.717, 1.165) is 25.7 Å². The number of carbonyl (C=O) groups is 1. The number of ether oxygens (including phenoxy) is 2. The zero-order chi connectivity index (χ0) is 22.1. The number of hydrogen-bond acceptors (Lipinski definition) is 4. The van der Waals surface area contributed by atoms with Crippen molar-refractivity contribution in [1.82, 2.24) is 14.3 Å². The summed E-state index contributed by atoms with van der Waals surface area (Å²) in [5, 5.41) is 0.611. The molecule has 0 radical (unpaired) electrons. The van der Waals surface area contributed by atoms with Crippen molar-refractivity contribution in [3.8, 4) is 0 Å². The molecule has 2 fully saturated rings. The van der Waals surface area contributed by atoms with Gasteiger partial charge in [-0.3, -0.25) is 4.79 Å². The normalized spacial score (nSPS) is 23.0. The average molecular weight is 454 g/mol. The second-order valence-electron chi connectivity index (χ2n) is 8.75. The molecule has 2 aliphatic heterocycles. The molecule has 6 nitrogen and oxygen atoms in total. The van der Waals surface area contributed by atoms with Crippen LogP contribution in [-0.4, -0.2) is 51.6 Å². The van der Waals surface area contributed by atoms with Gasteiger partial charge in [0, 0.05) is 44.9 Å². The Kier molecular flexibility index (Phi) is 5.93. The molecule has 2 aromatic heterocycles. The number of aromatic nitrogens is 2. The number of piperidine rings is 1.